The monoisotopic (exact) mass is 295 g/mol. The Bertz CT molecular complexity index is 531. The zero-order chi connectivity index (χ0) is 12.3. The van der Waals surface area contributed by atoms with Crippen LogP contribution in [0.5, 0.6) is 11.5 Å². The summed E-state index contributed by atoms with van der Waals surface area (Å²) in [5.74, 6) is 0.745. The third-order valence-electron chi connectivity index (χ3n) is 2.20. The molecule has 0 saturated heterocycles. The number of hydrogen-bond donors (Lipinski definition) is 1. The van der Waals surface area contributed by atoms with E-state index in [-0.39, 0.29) is 12.4 Å². The molecule has 0 bridgehead atoms. The van der Waals surface area contributed by atoms with Crippen LogP contribution in [0, 0.1) is 5.82 Å². The van der Waals surface area contributed by atoms with Crippen molar-refractivity contribution in [1.82, 2.24) is 0 Å². The van der Waals surface area contributed by atoms with E-state index in [1.54, 1.807) is 12.1 Å². The van der Waals surface area contributed by atoms with Crippen LogP contribution < -0.4 is 10.5 Å². The molecule has 88 valence electrons. The lowest BCUT2D eigenvalue weighted by atomic mass is 10.2. The summed E-state index contributed by atoms with van der Waals surface area (Å²) in [4.78, 5) is 0. The number of benzene rings is 2. The van der Waals surface area contributed by atoms with Crippen LogP contribution in [0.4, 0.5) is 4.39 Å². The smallest absolute Gasteiger partial charge is 0.130 e. The van der Waals surface area contributed by atoms with Crippen LogP contribution in [0.1, 0.15) is 5.56 Å². The van der Waals surface area contributed by atoms with Gasteiger partial charge in [-0.1, -0.05) is 22.0 Å². The van der Waals surface area contributed by atoms with Gasteiger partial charge < -0.3 is 10.5 Å². The molecule has 2 rings (SSSR count). The molecule has 2 N–H and O–H groups in total. The predicted octanol–water partition coefficient (Wildman–Crippen LogP) is 3.84. The van der Waals surface area contributed by atoms with Gasteiger partial charge in [-0.2, -0.15) is 0 Å². The van der Waals surface area contributed by atoms with E-state index < -0.39 is 0 Å². The quantitative estimate of drug-likeness (QED) is 0.934. The first kappa shape index (κ1) is 12.1. The first-order valence-corrected chi connectivity index (χ1v) is 5.89. The van der Waals surface area contributed by atoms with Gasteiger partial charge >= 0.3 is 0 Å². The zero-order valence-corrected chi connectivity index (χ0v) is 10.6. The molecule has 17 heavy (non-hydrogen) atoms. The van der Waals surface area contributed by atoms with E-state index in [0.29, 0.717) is 17.1 Å². The lowest BCUT2D eigenvalue weighted by Crippen LogP contribution is -1.97. The molecule has 2 aromatic carbocycles. The minimum atomic E-state index is -0.349. The van der Waals surface area contributed by atoms with E-state index in [2.05, 4.69) is 15.9 Å². The average Bonchev–Trinajstić information content (AvgIpc) is 2.28. The fraction of sp³-hybridized carbons (Fsp3) is 0.0769. The second kappa shape index (κ2) is 5.29. The highest BCUT2D eigenvalue weighted by molar-refractivity contribution is 9.10. The third kappa shape index (κ3) is 3.28. The van der Waals surface area contributed by atoms with Crippen molar-refractivity contribution in [3.8, 4) is 11.5 Å². The van der Waals surface area contributed by atoms with Crippen molar-refractivity contribution in [3.63, 3.8) is 0 Å². The summed E-state index contributed by atoms with van der Waals surface area (Å²) in [7, 11) is 0. The second-order valence-corrected chi connectivity index (χ2v) is 4.47. The number of nitrogens with two attached hydrogens (primary N) is 1. The standard InChI is InChI=1S/C13H11BrFNO/c14-10-2-1-3-12(6-10)17-13-5-9(8-16)4-11(15)7-13/h1-7H,8,16H2. The van der Waals surface area contributed by atoms with Crippen LogP contribution in [-0.2, 0) is 6.54 Å². The normalized spacial score (nSPS) is 10.3. The molecule has 0 aliphatic heterocycles. The van der Waals surface area contributed by atoms with Gasteiger partial charge in [0.2, 0.25) is 0 Å². The van der Waals surface area contributed by atoms with Crippen LogP contribution in [0.2, 0.25) is 0 Å². The molecule has 2 nitrogen and oxygen atoms in total. The Morgan fingerprint density at radius 3 is 2.65 bits per heavy atom. The molecule has 0 radical (unpaired) electrons. The fourth-order valence-corrected chi connectivity index (χ4v) is 1.84. The number of rotatable bonds is 3. The van der Waals surface area contributed by atoms with E-state index in [4.69, 9.17) is 10.5 Å². The molecular weight excluding hydrogens is 285 g/mol. The van der Waals surface area contributed by atoms with Crippen LogP contribution in [0.15, 0.2) is 46.9 Å². The summed E-state index contributed by atoms with van der Waals surface area (Å²) >= 11 is 3.34. The number of hydrogen-bond acceptors (Lipinski definition) is 2. The molecule has 0 atom stereocenters. The Morgan fingerprint density at radius 2 is 1.94 bits per heavy atom. The Kier molecular flexibility index (Phi) is 3.76. The minimum Gasteiger partial charge on any atom is -0.457 e. The van der Waals surface area contributed by atoms with Crippen molar-refractivity contribution in [3.05, 3.63) is 58.3 Å². The zero-order valence-electron chi connectivity index (χ0n) is 8.99. The molecule has 0 aromatic heterocycles. The first-order chi connectivity index (χ1) is 8.17. The van der Waals surface area contributed by atoms with Crippen LogP contribution in [0.25, 0.3) is 0 Å². The molecular formula is C13H11BrFNO. The Labute approximate surface area is 107 Å². The summed E-state index contributed by atoms with van der Waals surface area (Å²) in [6.07, 6.45) is 0. The topological polar surface area (TPSA) is 35.2 Å². The van der Waals surface area contributed by atoms with Gasteiger partial charge in [0.1, 0.15) is 17.3 Å². The molecule has 4 heteroatoms. The molecule has 0 saturated carbocycles. The summed E-state index contributed by atoms with van der Waals surface area (Å²) in [6, 6.07) is 11.8. The SMILES string of the molecule is NCc1cc(F)cc(Oc2cccc(Br)c2)c1. The van der Waals surface area contributed by atoms with E-state index in [1.165, 1.54) is 12.1 Å². The summed E-state index contributed by atoms with van der Waals surface area (Å²) < 4.78 is 19.7. The van der Waals surface area contributed by atoms with Gasteiger partial charge in [0, 0.05) is 17.1 Å². The van der Waals surface area contributed by atoms with Crippen molar-refractivity contribution in [2.75, 3.05) is 0 Å². The molecule has 0 aliphatic rings. The summed E-state index contributed by atoms with van der Waals surface area (Å²) in [5, 5.41) is 0. The molecule has 0 aliphatic carbocycles. The van der Waals surface area contributed by atoms with E-state index in [1.807, 2.05) is 18.2 Å². The molecule has 0 unspecified atom stereocenters. The Balaban J connectivity index is 2.26. The van der Waals surface area contributed by atoms with Crippen LogP contribution >= 0.6 is 15.9 Å². The van der Waals surface area contributed by atoms with Crippen molar-refractivity contribution >= 4 is 15.9 Å². The van der Waals surface area contributed by atoms with Gasteiger partial charge in [-0.25, -0.2) is 4.39 Å². The van der Waals surface area contributed by atoms with Gasteiger partial charge in [-0.15, -0.1) is 0 Å². The van der Waals surface area contributed by atoms with E-state index in [9.17, 15) is 4.39 Å². The van der Waals surface area contributed by atoms with Gasteiger partial charge in [0.05, 0.1) is 0 Å². The second-order valence-electron chi connectivity index (χ2n) is 3.56. The minimum absolute atomic E-state index is 0.284. The van der Waals surface area contributed by atoms with Crippen molar-refractivity contribution in [2.24, 2.45) is 5.73 Å². The van der Waals surface area contributed by atoms with Gasteiger partial charge in [-0.3, -0.25) is 0 Å². The third-order valence-corrected chi connectivity index (χ3v) is 2.69. The molecule has 0 heterocycles. The average molecular weight is 296 g/mol. The van der Waals surface area contributed by atoms with Gasteiger partial charge in [0.25, 0.3) is 0 Å². The first-order valence-electron chi connectivity index (χ1n) is 5.10. The lowest BCUT2D eigenvalue weighted by molar-refractivity contribution is 0.475. The maximum atomic E-state index is 13.3. The van der Waals surface area contributed by atoms with Crippen molar-refractivity contribution < 1.29 is 9.13 Å². The highest BCUT2D eigenvalue weighted by Crippen LogP contribution is 2.25. The van der Waals surface area contributed by atoms with Gasteiger partial charge in [-0.05, 0) is 35.9 Å². The lowest BCUT2D eigenvalue weighted by Gasteiger charge is -2.07. The number of halogens is 2. The van der Waals surface area contributed by atoms with Crippen LogP contribution in [-0.4, -0.2) is 0 Å². The summed E-state index contributed by atoms with van der Waals surface area (Å²) in [6.45, 7) is 0.284. The maximum Gasteiger partial charge on any atom is 0.130 e. The van der Waals surface area contributed by atoms with E-state index >= 15 is 0 Å². The van der Waals surface area contributed by atoms with E-state index in [0.717, 1.165) is 4.47 Å². The van der Waals surface area contributed by atoms with Crippen molar-refractivity contribution in [2.45, 2.75) is 6.54 Å². The maximum absolute atomic E-state index is 13.3. The van der Waals surface area contributed by atoms with Crippen molar-refractivity contribution in [1.29, 1.82) is 0 Å². The predicted molar refractivity (Wildman–Crippen MR) is 68.5 cm³/mol. The molecule has 0 fully saturated rings. The largest absolute Gasteiger partial charge is 0.457 e. The fourth-order valence-electron chi connectivity index (χ4n) is 1.46. The molecule has 0 amide bonds. The Morgan fingerprint density at radius 1 is 1.12 bits per heavy atom. The number of ether oxygens (including phenoxy) is 1. The Hall–Kier alpha value is -1.39. The molecule has 0 spiro atoms. The highest BCUT2D eigenvalue weighted by Gasteiger charge is 2.02. The van der Waals surface area contributed by atoms with Gasteiger partial charge in [0.15, 0.2) is 0 Å². The summed E-state index contributed by atoms with van der Waals surface area (Å²) in [5.41, 5.74) is 6.18. The molecule has 2 aromatic rings. The van der Waals surface area contributed by atoms with Crippen LogP contribution in [0.3, 0.4) is 0 Å². The highest BCUT2D eigenvalue weighted by atomic mass is 79.9.